The topological polar surface area (TPSA) is 83.8 Å². The number of nitrogens with one attached hydrogen (secondary N) is 1. The van der Waals surface area contributed by atoms with E-state index in [9.17, 15) is 4.79 Å². The van der Waals surface area contributed by atoms with Gasteiger partial charge >= 0.3 is 5.97 Å². The van der Waals surface area contributed by atoms with Gasteiger partial charge in [-0.2, -0.15) is 10.2 Å². The first-order chi connectivity index (χ1) is 7.08. The quantitative estimate of drug-likeness (QED) is 0.761. The van der Waals surface area contributed by atoms with Crippen molar-refractivity contribution < 1.29 is 9.90 Å². The fraction of sp³-hybridized carbons (Fsp3) is 0.222. The number of aromatic nitrogens is 4. The Morgan fingerprint density at radius 2 is 2.33 bits per heavy atom. The van der Waals surface area contributed by atoms with Crippen LogP contribution in [0, 0.1) is 6.92 Å². The van der Waals surface area contributed by atoms with Crippen LogP contribution in [-0.2, 0) is 7.05 Å². The molecule has 6 nitrogen and oxygen atoms in total. The normalized spacial score (nSPS) is 10.5. The predicted molar refractivity (Wildman–Crippen MR) is 52.5 cm³/mol. The average molecular weight is 206 g/mol. The van der Waals surface area contributed by atoms with Gasteiger partial charge < -0.3 is 5.11 Å². The largest absolute Gasteiger partial charge is 0.477 e. The van der Waals surface area contributed by atoms with Crippen LogP contribution in [0.5, 0.6) is 0 Å². The van der Waals surface area contributed by atoms with Crippen LogP contribution in [0.25, 0.3) is 11.4 Å². The van der Waals surface area contributed by atoms with Crippen molar-refractivity contribution in [3.63, 3.8) is 0 Å². The molecule has 0 atom stereocenters. The van der Waals surface area contributed by atoms with Crippen LogP contribution < -0.4 is 0 Å². The number of rotatable bonds is 2. The van der Waals surface area contributed by atoms with Gasteiger partial charge in [0.05, 0.1) is 0 Å². The molecule has 0 amide bonds. The minimum Gasteiger partial charge on any atom is -0.477 e. The van der Waals surface area contributed by atoms with Crippen molar-refractivity contribution in [2.45, 2.75) is 6.92 Å². The molecule has 0 unspecified atom stereocenters. The molecule has 78 valence electrons. The van der Waals surface area contributed by atoms with E-state index < -0.39 is 5.97 Å². The monoisotopic (exact) mass is 206 g/mol. The summed E-state index contributed by atoms with van der Waals surface area (Å²) in [4.78, 5) is 10.6. The number of nitrogens with zero attached hydrogens (tertiary/aromatic N) is 3. The Balaban J connectivity index is 2.45. The number of hydrogen-bond acceptors (Lipinski definition) is 3. The second kappa shape index (κ2) is 3.23. The van der Waals surface area contributed by atoms with Crippen LogP contribution in [0.3, 0.4) is 0 Å². The minimum absolute atomic E-state index is 0.0649. The van der Waals surface area contributed by atoms with Gasteiger partial charge in [-0.25, -0.2) is 4.79 Å². The zero-order valence-corrected chi connectivity index (χ0v) is 8.35. The van der Waals surface area contributed by atoms with E-state index >= 15 is 0 Å². The third-order valence-corrected chi connectivity index (χ3v) is 2.06. The highest BCUT2D eigenvalue weighted by atomic mass is 16.4. The number of aryl methyl sites for hydroxylation is 2. The van der Waals surface area contributed by atoms with Crippen LogP contribution in [0.15, 0.2) is 12.3 Å². The molecule has 6 heteroatoms. The van der Waals surface area contributed by atoms with E-state index in [2.05, 4.69) is 15.3 Å². The first-order valence-electron chi connectivity index (χ1n) is 4.37. The lowest BCUT2D eigenvalue weighted by atomic mass is 10.2. The van der Waals surface area contributed by atoms with Gasteiger partial charge in [0, 0.05) is 19.3 Å². The second-order valence-electron chi connectivity index (χ2n) is 3.31. The SMILES string of the molecule is Cc1cn(C)nc1-c1cc(C(=O)O)[nH]n1. The average Bonchev–Trinajstić information content (AvgIpc) is 2.71. The van der Waals surface area contributed by atoms with Crippen LogP contribution in [-0.4, -0.2) is 31.1 Å². The first kappa shape index (κ1) is 9.45. The van der Waals surface area contributed by atoms with Crippen molar-refractivity contribution >= 4 is 5.97 Å². The van der Waals surface area contributed by atoms with Gasteiger partial charge in [0.15, 0.2) is 0 Å². The van der Waals surface area contributed by atoms with Gasteiger partial charge in [-0.1, -0.05) is 0 Å². The zero-order valence-electron chi connectivity index (χ0n) is 8.35. The lowest BCUT2D eigenvalue weighted by Crippen LogP contribution is -1.95. The third kappa shape index (κ3) is 1.61. The molecule has 0 aliphatic carbocycles. The summed E-state index contributed by atoms with van der Waals surface area (Å²) < 4.78 is 1.67. The molecule has 0 radical (unpaired) electrons. The molecule has 0 aromatic carbocycles. The number of hydrogen-bond donors (Lipinski definition) is 2. The number of aromatic amines is 1. The highest BCUT2D eigenvalue weighted by molar-refractivity contribution is 5.86. The van der Waals surface area contributed by atoms with Crippen molar-refractivity contribution in [3.8, 4) is 11.4 Å². The van der Waals surface area contributed by atoms with E-state index in [1.165, 1.54) is 6.07 Å². The number of carbonyl (C=O) groups is 1. The number of carboxylic acid groups (broad SMARTS) is 1. The van der Waals surface area contributed by atoms with Gasteiger partial charge in [0.2, 0.25) is 0 Å². The minimum atomic E-state index is -1.03. The molecule has 2 aromatic rings. The summed E-state index contributed by atoms with van der Waals surface area (Å²) in [6.45, 7) is 1.90. The molecule has 0 fully saturated rings. The van der Waals surface area contributed by atoms with E-state index in [-0.39, 0.29) is 5.69 Å². The van der Waals surface area contributed by atoms with Crippen molar-refractivity contribution in [3.05, 3.63) is 23.5 Å². The number of aromatic carboxylic acids is 1. The summed E-state index contributed by atoms with van der Waals surface area (Å²) in [6, 6.07) is 1.47. The highest BCUT2D eigenvalue weighted by Gasteiger charge is 2.13. The summed E-state index contributed by atoms with van der Waals surface area (Å²) in [5, 5.41) is 19.3. The van der Waals surface area contributed by atoms with Crippen molar-refractivity contribution in [2.75, 3.05) is 0 Å². The van der Waals surface area contributed by atoms with E-state index in [0.29, 0.717) is 11.4 Å². The summed E-state index contributed by atoms with van der Waals surface area (Å²) in [5.74, 6) is -1.03. The maximum absolute atomic E-state index is 10.6. The standard InChI is InChI=1S/C9H10N4O2/c1-5-4-13(2)12-8(5)6-3-7(9(14)15)11-10-6/h3-4H,1-2H3,(H,10,11)(H,14,15). The first-order valence-corrected chi connectivity index (χ1v) is 4.37. The summed E-state index contributed by atoms with van der Waals surface area (Å²) in [5.41, 5.74) is 2.27. The van der Waals surface area contributed by atoms with Gasteiger partial charge in [0.25, 0.3) is 0 Å². The van der Waals surface area contributed by atoms with Gasteiger partial charge in [-0.05, 0) is 12.5 Å². The molecular formula is C9H10N4O2. The lowest BCUT2D eigenvalue weighted by Gasteiger charge is -1.89. The van der Waals surface area contributed by atoms with Crippen LogP contribution in [0.4, 0.5) is 0 Å². The van der Waals surface area contributed by atoms with E-state index in [4.69, 9.17) is 5.11 Å². The molecule has 0 aliphatic heterocycles. The third-order valence-electron chi connectivity index (χ3n) is 2.06. The molecule has 0 bridgehead atoms. The second-order valence-corrected chi connectivity index (χ2v) is 3.31. The summed E-state index contributed by atoms with van der Waals surface area (Å²) >= 11 is 0. The van der Waals surface area contributed by atoms with Crippen molar-refractivity contribution in [1.82, 2.24) is 20.0 Å². The Morgan fingerprint density at radius 1 is 1.60 bits per heavy atom. The lowest BCUT2D eigenvalue weighted by molar-refractivity contribution is 0.0690. The van der Waals surface area contributed by atoms with Crippen molar-refractivity contribution in [1.29, 1.82) is 0 Å². The van der Waals surface area contributed by atoms with Gasteiger partial charge in [0.1, 0.15) is 17.1 Å². The molecule has 2 aromatic heterocycles. The maximum atomic E-state index is 10.6. The summed E-state index contributed by atoms with van der Waals surface area (Å²) in [6.07, 6.45) is 1.85. The highest BCUT2D eigenvalue weighted by Crippen LogP contribution is 2.19. The number of carboxylic acids is 1. The smallest absolute Gasteiger partial charge is 0.353 e. The molecule has 2 rings (SSSR count). The molecule has 2 heterocycles. The zero-order chi connectivity index (χ0) is 11.0. The van der Waals surface area contributed by atoms with Crippen LogP contribution >= 0.6 is 0 Å². The Kier molecular flexibility index (Phi) is 2.03. The fourth-order valence-corrected chi connectivity index (χ4v) is 1.41. The van der Waals surface area contributed by atoms with E-state index in [1.807, 2.05) is 13.1 Å². The molecule has 0 saturated carbocycles. The van der Waals surface area contributed by atoms with Gasteiger partial charge in [-0.15, -0.1) is 0 Å². The molecule has 2 N–H and O–H groups in total. The Morgan fingerprint density at radius 3 is 2.80 bits per heavy atom. The molecular weight excluding hydrogens is 196 g/mol. The molecule has 0 saturated heterocycles. The number of H-pyrrole nitrogens is 1. The molecule has 0 spiro atoms. The Bertz CT molecular complexity index is 512. The maximum Gasteiger partial charge on any atom is 0.353 e. The molecule has 0 aliphatic rings. The fourth-order valence-electron chi connectivity index (χ4n) is 1.41. The van der Waals surface area contributed by atoms with Crippen LogP contribution in [0.1, 0.15) is 16.1 Å². The Hall–Kier alpha value is -2.11. The molecule has 15 heavy (non-hydrogen) atoms. The van der Waals surface area contributed by atoms with E-state index in [1.54, 1.807) is 11.7 Å². The van der Waals surface area contributed by atoms with E-state index in [0.717, 1.165) is 5.56 Å². The van der Waals surface area contributed by atoms with Crippen molar-refractivity contribution in [2.24, 2.45) is 7.05 Å². The predicted octanol–water partition coefficient (Wildman–Crippen LogP) is 0.817. The Labute approximate surface area is 85.5 Å². The summed E-state index contributed by atoms with van der Waals surface area (Å²) in [7, 11) is 1.81. The van der Waals surface area contributed by atoms with Gasteiger partial charge in [-0.3, -0.25) is 9.78 Å². The van der Waals surface area contributed by atoms with Crippen LogP contribution in [0.2, 0.25) is 0 Å².